The zero-order valence-corrected chi connectivity index (χ0v) is 12.4. The van der Waals surface area contributed by atoms with Gasteiger partial charge in [-0.15, -0.1) is 0 Å². The number of hydrogen-bond donors (Lipinski definition) is 1. The lowest BCUT2D eigenvalue weighted by molar-refractivity contribution is -0.123. The maximum atomic E-state index is 12.4. The molecule has 1 aromatic carbocycles. The lowest BCUT2D eigenvalue weighted by Crippen LogP contribution is -2.50. The van der Waals surface area contributed by atoms with E-state index in [2.05, 4.69) is 10.4 Å². The van der Waals surface area contributed by atoms with Crippen molar-refractivity contribution in [2.45, 2.75) is 6.54 Å². The molecule has 1 aromatic heterocycles. The van der Waals surface area contributed by atoms with E-state index in [1.165, 1.54) is 21.7 Å². The molecule has 2 aromatic rings. The fourth-order valence-electron chi connectivity index (χ4n) is 2.41. The van der Waals surface area contributed by atoms with Gasteiger partial charge < -0.3 is 10.2 Å². The van der Waals surface area contributed by atoms with Gasteiger partial charge in [0.1, 0.15) is 5.69 Å². The number of piperazine rings is 1. The summed E-state index contributed by atoms with van der Waals surface area (Å²) in [5.74, 6) is -0.538. The molecule has 1 aliphatic rings. The number of nitrogens with zero attached hydrogens (tertiary/aromatic N) is 3. The van der Waals surface area contributed by atoms with Crippen LogP contribution in [0.15, 0.2) is 47.3 Å². The standard InChI is InChI=1S/C16H16N4O3/c21-14-11-19(9-8-17-14)16(23)13-6-7-15(22)20(18-13)10-12-4-2-1-3-5-12/h1-7H,8-11H2,(H,17,21). The van der Waals surface area contributed by atoms with E-state index in [4.69, 9.17) is 0 Å². The van der Waals surface area contributed by atoms with Gasteiger partial charge in [0, 0.05) is 19.2 Å². The van der Waals surface area contributed by atoms with Gasteiger partial charge in [-0.3, -0.25) is 14.4 Å². The van der Waals surface area contributed by atoms with Crippen LogP contribution in [0.1, 0.15) is 16.1 Å². The topological polar surface area (TPSA) is 84.3 Å². The molecule has 2 heterocycles. The quantitative estimate of drug-likeness (QED) is 0.855. The summed E-state index contributed by atoms with van der Waals surface area (Å²) in [6.45, 7) is 1.16. The second-order valence-electron chi connectivity index (χ2n) is 5.28. The number of nitrogens with one attached hydrogen (secondary N) is 1. The SMILES string of the molecule is O=C1CN(C(=O)c2ccc(=O)n(Cc3ccccc3)n2)CCN1. The van der Waals surface area contributed by atoms with Crippen LogP contribution in [0.3, 0.4) is 0 Å². The van der Waals surface area contributed by atoms with Gasteiger partial charge >= 0.3 is 0 Å². The third kappa shape index (κ3) is 3.45. The van der Waals surface area contributed by atoms with Crippen molar-refractivity contribution >= 4 is 11.8 Å². The smallest absolute Gasteiger partial charge is 0.274 e. The Hall–Kier alpha value is -2.96. The maximum absolute atomic E-state index is 12.4. The van der Waals surface area contributed by atoms with Crippen molar-refractivity contribution in [3.63, 3.8) is 0 Å². The first-order valence-corrected chi connectivity index (χ1v) is 7.31. The molecule has 118 valence electrons. The third-order valence-corrected chi connectivity index (χ3v) is 3.59. The Balaban J connectivity index is 1.83. The summed E-state index contributed by atoms with van der Waals surface area (Å²) >= 11 is 0. The normalized spacial score (nSPS) is 14.4. The van der Waals surface area contributed by atoms with Gasteiger partial charge in [0.25, 0.3) is 11.5 Å². The molecule has 23 heavy (non-hydrogen) atoms. The molecule has 0 bridgehead atoms. The molecule has 0 unspecified atom stereocenters. The largest absolute Gasteiger partial charge is 0.353 e. The lowest BCUT2D eigenvalue weighted by Gasteiger charge is -2.26. The Morgan fingerprint density at radius 2 is 1.91 bits per heavy atom. The van der Waals surface area contributed by atoms with Crippen LogP contribution in [0.25, 0.3) is 0 Å². The van der Waals surface area contributed by atoms with Crippen LogP contribution in [0.5, 0.6) is 0 Å². The number of rotatable bonds is 3. The van der Waals surface area contributed by atoms with Crippen LogP contribution in [-0.2, 0) is 11.3 Å². The van der Waals surface area contributed by atoms with Crippen molar-refractivity contribution in [1.29, 1.82) is 0 Å². The first kappa shape index (κ1) is 15.0. The molecule has 2 amide bonds. The highest BCUT2D eigenvalue weighted by molar-refractivity contribution is 5.95. The maximum Gasteiger partial charge on any atom is 0.274 e. The highest BCUT2D eigenvalue weighted by Crippen LogP contribution is 2.04. The van der Waals surface area contributed by atoms with Crippen LogP contribution < -0.4 is 10.9 Å². The van der Waals surface area contributed by atoms with Gasteiger partial charge in [0.15, 0.2) is 0 Å². The molecule has 1 aliphatic heterocycles. The summed E-state index contributed by atoms with van der Waals surface area (Å²) in [4.78, 5) is 37.2. The van der Waals surface area contributed by atoms with Gasteiger partial charge in [-0.05, 0) is 11.6 Å². The van der Waals surface area contributed by atoms with Gasteiger partial charge in [0.2, 0.25) is 5.91 Å². The van der Waals surface area contributed by atoms with Crippen molar-refractivity contribution in [3.8, 4) is 0 Å². The Morgan fingerprint density at radius 1 is 1.13 bits per heavy atom. The molecule has 0 aliphatic carbocycles. The number of benzene rings is 1. The number of carbonyl (C=O) groups excluding carboxylic acids is 2. The van der Waals surface area contributed by atoms with E-state index in [1.807, 2.05) is 30.3 Å². The summed E-state index contributed by atoms with van der Waals surface area (Å²) in [6.07, 6.45) is 0. The Morgan fingerprint density at radius 3 is 2.65 bits per heavy atom. The summed E-state index contributed by atoms with van der Waals surface area (Å²) < 4.78 is 1.26. The lowest BCUT2D eigenvalue weighted by atomic mass is 10.2. The van der Waals surface area contributed by atoms with E-state index in [-0.39, 0.29) is 29.6 Å². The first-order chi connectivity index (χ1) is 11.1. The molecule has 1 N–H and O–H groups in total. The molecule has 7 nitrogen and oxygen atoms in total. The Labute approximate surface area is 132 Å². The van der Waals surface area contributed by atoms with Gasteiger partial charge in [-0.1, -0.05) is 30.3 Å². The van der Waals surface area contributed by atoms with Crippen LogP contribution in [0.2, 0.25) is 0 Å². The van der Waals surface area contributed by atoms with E-state index >= 15 is 0 Å². The zero-order valence-electron chi connectivity index (χ0n) is 12.4. The summed E-state index contributed by atoms with van der Waals surface area (Å²) in [5, 5.41) is 6.81. The number of amides is 2. The Kier molecular flexibility index (Phi) is 4.18. The second-order valence-corrected chi connectivity index (χ2v) is 5.28. The van der Waals surface area contributed by atoms with E-state index < -0.39 is 0 Å². The van der Waals surface area contributed by atoms with E-state index in [0.29, 0.717) is 19.6 Å². The molecule has 7 heteroatoms. The van der Waals surface area contributed by atoms with E-state index in [1.54, 1.807) is 0 Å². The molecule has 1 saturated heterocycles. The average molecular weight is 312 g/mol. The van der Waals surface area contributed by atoms with E-state index in [0.717, 1.165) is 5.56 Å². The minimum atomic E-state index is -0.346. The molecule has 3 rings (SSSR count). The predicted octanol–water partition coefficient (Wildman–Crippen LogP) is -0.136. The van der Waals surface area contributed by atoms with Crippen molar-refractivity contribution in [2.24, 2.45) is 0 Å². The Bertz CT molecular complexity index is 785. The van der Waals surface area contributed by atoms with Crippen LogP contribution >= 0.6 is 0 Å². The van der Waals surface area contributed by atoms with Crippen LogP contribution in [0, 0.1) is 0 Å². The monoisotopic (exact) mass is 312 g/mol. The van der Waals surface area contributed by atoms with Gasteiger partial charge in [-0.2, -0.15) is 5.10 Å². The molecular weight excluding hydrogens is 296 g/mol. The second kappa shape index (κ2) is 6.43. The summed E-state index contributed by atoms with van der Waals surface area (Å²) in [6, 6.07) is 12.1. The summed E-state index contributed by atoms with van der Waals surface area (Å²) in [5.41, 5.74) is 0.807. The molecular formula is C16H16N4O3. The number of hydrogen-bond acceptors (Lipinski definition) is 4. The molecule has 0 spiro atoms. The number of carbonyl (C=O) groups is 2. The molecule has 0 atom stereocenters. The fourth-order valence-corrected chi connectivity index (χ4v) is 2.41. The van der Waals surface area contributed by atoms with Gasteiger partial charge in [0.05, 0.1) is 13.1 Å². The van der Waals surface area contributed by atoms with Crippen molar-refractivity contribution in [3.05, 3.63) is 64.1 Å². The molecule has 0 radical (unpaired) electrons. The summed E-state index contributed by atoms with van der Waals surface area (Å²) in [7, 11) is 0. The van der Waals surface area contributed by atoms with Crippen molar-refractivity contribution < 1.29 is 9.59 Å². The van der Waals surface area contributed by atoms with Crippen LogP contribution in [0.4, 0.5) is 0 Å². The fraction of sp³-hybridized carbons (Fsp3) is 0.250. The minimum absolute atomic E-state index is 0.0122. The van der Waals surface area contributed by atoms with Crippen LogP contribution in [-0.4, -0.2) is 46.1 Å². The minimum Gasteiger partial charge on any atom is -0.353 e. The molecule has 1 fully saturated rings. The first-order valence-electron chi connectivity index (χ1n) is 7.31. The zero-order chi connectivity index (χ0) is 16.2. The van der Waals surface area contributed by atoms with Gasteiger partial charge in [-0.25, -0.2) is 4.68 Å². The average Bonchev–Trinajstić information content (AvgIpc) is 2.57. The van der Waals surface area contributed by atoms with Crippen molar-refractivity contribution in [1.82, 2.24) is 20.0 Å². The third-order valence-electron chi connectivity index (χ3n) is 3.59. The van der Waals surface area contributed by atoms with E-state index in [9.17, 15) is 14.4 Å². The number of aromatic nitrogens is 2. The van der Waals surface area contributed by atoms with Crippen molar-refractivity contribution in [2.75, 3.05) is 19.6 Å². The predicted molar refractivity (Wildman–Crippen MR) is 83.0 cm³/mol. The molecule has 0 saturated carbocycles. The highest BCUT2D eigenvalue weighted by Gasteiger charge is 2.23. The highest BCUT2D eigenvalue weighted by atomic mass is 16.2.